The molecule has 0 spiro atoms. The lowest BCUT2D eigenvalue weighted by molar-refractivity contribution is 0.904. The smallest absolute Gasteiger partial charge is 0.260 e. The van der Waals surface area contributed by atoms with Crippen LogP contribution in [0.4, 0.5) is 0 Å². The number of H-pyrrole nitrogens is 1. The van der Waals surface area contributed by atoms with E-state index < -0.39 is 0 Å². The molecule has 0 unspecified atom stereocenters. The summed E-state index contributed by atoms with van der Waals surface area (Å²) >= 11 is 0. The zero-order valence-corrected chi connectivity index (χ0v) is 11.3. The van der Waals surface area contributed by atoms with Crippen LogP contribution in [0.2, 0.25) is 0 Å². The third-order valence-electron chi connectivity index (χ3n) is 3.42. The summed E-state index contributed by atoms with van der Waals surface area (Å²) < 4.78 is 0. The predicted octanol–water partition coefficient (Wildman–Crippen LogP) is 2.41. The Morgan fingerprint density at radius 3 is 2.75 bits per heavy atom. The Kier molecular flexibility index (Phi) is 3.29. The van der Waals surface area contributed by atoms with Crippen LogP contribution >= 0.6 is 0 Å². The minimum Gasteiger partial charge on any atom is -0.313 e. The van der Waals surface area contributed by atoms with Gasteiger partial charge in [0, 0.05) is 5.69 Å². The van der Waals surface area contributed by atoms with Gasteiger partial charge in [-0.15, -0.1) is 0 Å². The van der Waals surface area contributed by atoms with Gasteiger partial charge in [0.2, 0.25) is 0 Å². The number of nitrogens with zero attached hydrogens (tertiary/aromatic N) is 2. The predicted molar refractivity (Wildman–Crippen MR) is 78.7 cm³/mol. The molecule has 3 rings (SSSR count). The summed E-state index contributed by atoms with van der Waals surface area (Å²) in [7, 11) is 0. The van der Waals surface area contributed by atoms with Crippen LogP contribution < -0.4 is 5.56 Å². The maximum absolute atomic E-state index is 11.7. The van der Waals surface area contributed by atoms with Gasteiger partial charge in [-0.1, -0.05) is 30.3 Å². The molecule has 0 aliphatic carbocycles. The van der Waals surface area contributed by atoms with E-state index in [1.54, 1.807) is 0 Å². The highest BCUT2D eigenvalue weighted by atomic mass is 16.1. The van der Waals surface area contributed by atoms with Crippen LogP contribution in [0.5, 0.6) is 0 Å². The van der Waals surface area contributed by atoms with Crippen molar-refractivity contribution >= 4 is 11.0 Å². The lowest BCUT2D eigenvalue weighted by atomic mass is 10.0. The Morgan fingerprint density at radius 1 is 1.15 bits per heavy atom. The van der Waals surface area contributed by atoms with E-state index in [9.17, 15) is 4.79 Å². The molecule has 0 fully saturated rings. The molecule has 0 saturated heterocycles. The first-order valence-electron chi connectivity index (χ1n) is 6.62. The van der Waals surface area contributed by atoms with E-state index in [0.717, 1.165) is 24.1 Å². The third-order valence-corrected chi connectivity index (χ3v) is 3.42. The van der Waals surface area contributed by atoms with Gasteiger partial charge >= 0.3 is 0 Å². The number of benzene rings is 1. The molecule has 0 aliphatic heterocycles. The van der Waals surface area contributed by atoms with E-state index in [4.69, 9.17) is 0 Å². The molecular weight excluding hydrogens is 250 g/mol. The van der Waals surface area contributed by atoms with Crippen molar-refractivity contribution < 1.29 is 0 Å². The zero-order valence-electron chi connectivity index (χ0n) is 11.3. The van der Waals surface area contributed by atoms with Gasteiger partial charge in [-0.2, -0.15) is 0 Å². The first-order valence-corrected chi connectivity index (χ1v) is 6.62. The number of nitrogens with one attached hydrogen (secondary N) is 1. The number of fused-ring (bicyclic) bond motifs is 1. The van der Waals surface area contributed by atoms with Crippen LogP contribution in [0, 0.1) is 6.92 Å². The highest BCUT2D eigenvalue weighted by Crippen LogP contribution is 2.13. The lowest BCUT2D eigenvalue weighted by Gasteiger charge is -2.06. The molecule has 2 heterocycles. The molecule has 1 aromatic carbocycles. The van der Waals surface area contributed by atoms with E-state index in [0.29, 0.717) is 11.0 Å². The summed E-state index contributed by atoms with van der Waals surface area (Å²) in [6.07, 6.45) is 3.18. The number of aromatic amines is 1. The maximum atomic E-state index is 11.7. The summed E-state index contributed by atoms with van der Waals surface area (Å²) in [6.45, 7) is 1.99. The van der Waals surface area contributed by atoms with Crippen molar-refractivity contribution in [1.29, 1.82) is 0 Å². The summed E-state index contributed by atoms with van der Waals surface area (Å²) in [4.78, 5) is 22.9. The molecular formula is C16H15N3O. The lowest BCUT2D eigenvalue weighted by Crippen LogP contribution is -2.09. The first-order chi connectivity index (χ1) is 9.74. The number of pyridine rings is 1. The maximum Gasteiger partial charge on any atom is 0.260 e. The SMILES string of the molecule is Cc1cc2c(=O)[nH]cnc2nc1CCc1ccccc1. The molecule has 0 saturated carbocycles. The fourth-order valence-electron chi connectivity index (χ4n) is 2.30. The summed E-state index contributed by atoms with van der Waals surface area (Å²) in [6, 6.07) is 12.2. The number of hydrogen-bond donors (Lipinski definition) is 1. The second-order valence-corrected chi connectivity index (χ2v) is 4.84. The molecule has 100 valence electrons. The van der Waals surface area contributed by atoms with Gasteiger partial charge in [-0.3, -0.25) is 4.79 Å². The quantitative estimate of drug-likeness (QED) is 0.791. The van der Waals surface area contributed by atoms with E-state index in [1.165, 1.54) is 11.9 Å². The van der Waals surface area contributed by atoms with Gasteiger partial charge in [-0.25, -0.2) is 9.97 Å². The molecule has 4 nitrogen and oxygen atoms in total. The van der Waals surface area contributed by atoms with Gasteiger partial charge in [-0.05, 0) is 37.0 Å². The van der Waals surface area contributed by atoms with Crippen molar-refractivity contribution in [2.24, 2.45) is 0 Å². The molecule has 0 bridgehead atoms. The van der Waals surface area contributed by atoms with E-state index in [-0.39, 0.29) is 5.56 Å². The molecule has 1 N–H and O–H groups in total. The summed E-state index contributed by atoms with van der Waals surface area (Å²) in [5.74, 6) is 0. The minimum atomic E-state index is -0.139. The minimum absolute atomic E-state index is 0.139. The Labute approximate surface area is 116 Å². The standard InChI is InChI=1S/C16H15N3O/c1-11-9-13-15(17-10-18-16(13)20)19-14(11)8-7-12-5-3-2-4-6-12/h2-6,9-10H,7-8H2,1H3,(H,17,18,19,20). The fourth-order valence-corrected chi connectivity index (χ4v) is 2.30. The van der Waals surface area contributed by atoms with E-state index in [1.807, 2.05) is 31.2 Å². The van der Waals surface area contributed by atoms with Crippen molar-refractivity contribution in [3.63, 3.8) is 0 Å². The van der Waals surface area contributed by atoms with Crippen LogP contribution in [0.15, 0.2) is 47.5 Å². The Hall–Kier alpha value is -2.49. The van der Waals surface area contributed by atoms with Gasteiger partial charge in [0.25, 0.3) is 5.56 Å². The summed E-state index contributed by atoms with van der Waals surface area (Å²) in [5.41, 5.74) is 3.70. The average molecular weight is 265 g/mol. The van der Waals surface area contributed by atoms with Crippen LogP contribution in [-0.2, 0) is 12.8 Å². The van der Waals surface area contributed by atoms with Gasteiger partial charge in [0.1, 0.15) is 0 Å². The van der Waals surface area contributed by atoms with Gasteiger partial charge in [0.15, 0.2) is 5.65 Å². The first kappa shape index (κ1) is 12.5. The Balaban J connectivity index is 1.92. The van der Waals surface area contributed by atoms with Crippen LogP contribution in [0.3, 0.4) is 0 Å². The second kappa shape index (κ2) is 5.25. The highest BCUT2D eigenvalue weighted by molar-refractivity contribution is 5.74. The molecule has 0 radical (unpaired) electrons. The number of aryl methyl sites for hydroxylation is 3. The topological polar surface area (TPSA) is 58.6 Å². The van der Waals surface area contributed by atoms with Crippen molar-refractivity contribution in [2.75, 3.05) is 0 Å². The van der Waals surface area contributed by atoms with Gasteiger partial charge < -0.3 is 4.98 Å². The Bertz CT molecular complexity index is 794. The largest absolute Gasteiger partial charge is 0.313 e. The third kappa shape index (κ3) is 2.45. The van der Waals surface area contributed by atoms with Crippen molar-refractivity contribution in [2.45, 2.75) is 19.8 Å². The zero-order chi connectivity index (χ0) is 13.9. The van der Waals surface area contributed by atoms with E-state index >= 15 is 0 Å². The molecule has 0 aliphatic rings. The fraction of sp³-hybridized carbons (Fsp3) is 0.188. The molecule has 3 aromatic rings. The van der Waals surface area contributed by atoms with Gasteiger partial charge in [0.05, 0.1) is 11.7 Å². The molecule has 2 aromatic heterocycles. The highest BCUT2D eigenvalue weighted by Gasteiger charge is 2.07. The molecule has 20 heavy (non-hydrogen) atoms. The second-order valence-electron chi connectivity index (χ2n) is 4.84. The normalized spacial score (nSPS) is 10.8. The number of aromatic nitrogens is 3. The Morgan fingerprint density at radius 2 is 1.95 bits per heavy atom. The molecule has 0 amide bonds. The number of hydrogen-bond acceptors (Lipinski definition) is 3. The van der Waals surface area contributed by atoms with Crippen molar-refractivity contribution in [3.8, 4) is 0 Å². The monoisotopic (exact) mass is 265 g/mol. The molecule has 4 heteroatoms. The van der Waals surface area contributed by atoms with Crippen molar-refractivity contribution in [3.05, 3.63) is 69.9 Å². The molecule has 0 atom stereocenters. The average Bonchev–Trinajstić information content (AvgIpc) is 2.47. The number of rotatable bonds is 3. The van der Waals surface area contributed by atoms with Crippen LogP contribution in [0.1, 0.15) is 16.8 Å². The van der Waals surface area contributed by atoms with Crippen LogP contribution in [-0.4, -0.2) is 15.0 Å². The van der Waals surface area contributed by atoms with E-state index in [2.05, 4.69) is 27.1 Å². The van der Waals surface area contributed by atoms with Crippen LogP contribution in [0.25, 0.3) is 11.0 Å². The van der Waals surface area contributed by atoms with Crippen molar-refractivity contribution in [1.82, 2.24) is 15.0 Å². The summed E-state index contributed by atoms with van der Waals surface area (Å²) in [5, 5.41) is 0.550.